The zero-order chi connectivity index (χ0) is 24.5. The molecule has 8 heteroatoms. The van der Waals surface area contributed by atoms with Crippen LogP contribution < -0.4 is 15.1 Å². The fourth-order valence-electron chi connectivity index (χ4n) is 4.98. The van der Waals surface area contributed by atoms with Crippen LogP contribution in [0.1, 0.15) is 37.0 Å². The van der Waals surface area contributed by atoms with Gasteiger partial charge in [0.2, 0.25) is 5.91 Å². The van der Waals surface area contributed by atoms with Crippen LogP contribution in [0.2, 0.25) is 0 Å². The average Bonchev–Trinajstić information content (AvgIpc) is 2.81. The number of halogens is 3. The number of benzene rings is 2. The Labute approximate surface area is 198 Å². The number of anilines is 2. The highest BCUT2D eigenvalue weighted by molar-refractivity contribution is 5.82. The van der Waals surface area contributed by atoms with Crippen LogP contribution in [-0.2, 0) is 17.4 Å². The first-order chi connectivity index (χ1) is 16.2. The standard InChI is InChI=1S/C26H29F3N4O/c1-17(2)9-10-31-25(34)21-14-19-13-20(26(27,28)29)7-8-23(19)33-12-11-32(16-24(21)33)22-6-4-3-5-18(22)15-30/h3-8,13,17,21,24H,9-12,14,16H2,1-2H3,(H,31,34). The van der Waals surface area contributed by atoms with Crippen LogP contribution in [-0.4, -0.2) is 38.1 Å². The normalized spacial score (nSPS) is 19.9. The van der Waals surface area contributed by atoms with Crippen molar-refractivity contribution in [2.75, 3.05) is 36.0 Å². The molecule has 0 bridgehead atoms. The van der Waals surface area contributed by atoms with Gasteiger partial charge >= 0.3 is 6.18 Å². The number of amides is 1. The number of carbonyl (C=O) groups is 1. The zero-order valence-corrected chi connectivity index (χ0v) is 19.4. The van der Waals surface area contributed by atoms with E-state index in [9.17, 15) is 23.2 Å². The van der Waals surface area contributed by atoms with Crippen molar-refractivity contribution in [3.8, 4) is 6.07 Å². The Kier molecular flexibility index (Phi) is 6.74. The van der Waals surface area contributed by atoms with Gasteiger partial charge in [-0.2, -0.15) is 18.4 Å². The molecule has 34 heavy (non-hydrogen) atoms. The molecule has 0 spiro atoms. The Balaban J connectivity index is 1.66. The minimum Gasteiger partial charge on any atom is -0.367 e. The summed E-state index contributed by atoms with van der Waals surface area (Å²) in [5.41, 5.74) is 2.02. The van der Waals surface area contributed by atoms with Crippen LogP contribution >= 0.6 is 0 Å². The van der Waals surface area contributed by atoms with Crippen molar-refractivity contribution in [2.45, 2.75) is 38.9 Å². The monoisotopic (exact) mass is 470 g/mol. The van der Waals surface area contributed by atoms with Crippen LogP contribution in [0.15, 0.2) is 42.5 Å². The molecule has 4 rings (SSSR count). The number of hydrogen-bond donors (Lipinski definition) is 1. The number of para-hydroxylation sites is 1. The van der Waals surface area contributed by atoms with E-state index in [-0.39, 0.29) is 18.4 Å². The van der Waals surface area contributed by atoms with Gasteiger partial charge in [0.25, 0.3) is 0 Å². The molecule has 2 aliphatic heterocycles. The SMILES string of the molecule is CC(C)CCNC(=O)C1Cc2cc(C(F)(F)F)ccc2N2CCN(c3ccccc3C#N)CC12. The summed E-state index contributed by atoms with van der Waals surface area (Å²) in [6, 6.07) is 13.3. The first-order valence-corrected chi connectivity index (χ1v) is 11.7. The lowest BCUT2D eigenvalue weighted by Gasteiger charge is -2.50. The lowest BCUT2D eigenvalue weighted by atomic mass is 9.82. The van der Waals surface area contributed by atoms with Gasteiger partial charge in [0, 0.05) is 31.9 Å². The minimum absolute atomic E-state index is 0.130. The molecule has 1 N–H and O–H groups in total. The number of nitrogens with zero attached hydrogens (tertiary/aromatic N) is 3. The highest BCUT2D eigenvalue weighted by Crippen LogP contribution is 2.40. The molecule has 2 atom stereocenters. The predicted octanol–water partition coefficient (Wildman–Crippen LogP) is 4.61. The molecule has 2 aliphatic rings. The van der Waals surface area contributed by atoms with E-state index in [1.165, 1.54) is 12.1 Å². The Morgan fingerprint density at radius 2 is 1.94 bits per heavy atom. The summed E-state index contributed by atoms with van der Waals surface area (Å²) in [4.78, 5) is 17.5. The molecule has 0 radical (unpaired) electrons. The first-order valence-electron chi connectivity index (χ1n) is 11.7. The maximum atomic E-state index is 13.4. The van der Waals surface area contributed by atoms with Crippen LogP contribution in [0, 0.1) is 23.2 Å². The molecule has 0 aromatic heterocycles. The summed E-state index contributed by atoms with van der Waals surface area (Å²) in [7, 11) is 0. The highest BCUT2D eigenvalue weighted by Gasteiger charge is 2.43. The quantitative estimate of drug-likeness (QED) is 0.694. The third-order valence-electron chi connectivity index (χ3n) is 6.76. The number of fused-ring (bicyclic) bond motifs is 3. The Morgan fingerprint density at radius 1 is 1.18 bits per heavy atom. The van der Waals surface area contributed by atoms with E-state index in [1.54, 1.807) is 6.07 Å². The van der Waals surface area contributed by atoms with E-state index in [0.29, 0.717) is 43.2 Å². The number of hydrogen-bond acceptors (Lipinski definition) is 4. The van der Waals surface area contributed by atoms with Crippen LogP contribution in [0.5, 0.6) is 0 Å². The third kappa shape index (κ3) is 4.84. The highest BCUT2D eigenvalue weighted by atomic mass is 19.4. The van der Waals surface area contributed by atoms with Gasteiger partial charge in [-0.3, -0.25) is 4.79 Å². The van der Waals surface area contributed by atoms with Crippen molar-refractivity contribution in [1.82, 2.24) is 5.32 Å². The summed E-state index contributed by atoms with van der Waals surface area (Å²) < 4.78 is 40.1. The average molecular weight is 471 g/mol. The van der Waals surface area contributed by atoms with Crippen LogP contribution in [0.25, 0.3) is 0 Å². The van der Waals surface area contributed by atoms with Gasteiger partial charge in [-0.25, -0.2) is 0 Å². The van der Waals surface area contributed by atoms with Gasteiger partial charge in [0.1, 0.15) is 6.07 Å². The Morgan fingerprint density at radius 3 is 2.65 bits per heavy atom. The van der Waals surface area contributed by atoms with Crippen LogP contribution in [0.4, 0.5) is 24.5 Å². The maximum Gasteiger partial charge on any atom is 0.416 e. The van der Waals surface area contributed by atoms with Gasteiger partial charge in [-0.1, -0.05) is 26.0 Å². The van der Waals surface area contributed by atoms with E-state index < -0.39 is 17.7 Å². The van der Waals surface area contributed by atoms with Crippen molar-refractivity contribution in [3.63, 3.8) is 0 Å². The molecular formula is C26H29F3N4O. The Hall–Kier alpha value is -3.21. The van der Waals surface area contributed by atoms with Gasteiger partial charge in [-0.05, 0) is 54.7 Å². The number of rotatable bonds is 5. The second kappa shape index (κ2) is 9.57. The molecule has 2 heterocycles. The molecule has 180 valence electrons. The second-order valence-electron chi connectivity index (χ2n) is 9.46. The number of alkyl halides is 3. The van der Waals surface area contributed by atoms with E-state index in [0.717, 1.165) is 23.9 Å². The molecule has 1 saturated heterocycles. The lowest BCUT2D eigenvalue weighted by molar-refractivity contribution is -0.137. The molecule has 0 aliphatic carbocycles. The van der Waals surface area contributed by atoms with Gasteiger partial charge in [-0.15, -0.1) is 0 Å². The molecule has 2 aromatic carbocycles. The lowest BCUT2D eigenvalue weighted by Crippen LogP contribution is -2.61. The molecule has 2 unspecified atom stereocenters. The van der Waals surface area contributed by atoms with Gasteiger partial charge in [0.15, 0.2) is 0 Å². The first kappa shape index (κ1) is 23.9. The summed E-state index contributed by atoms with van der Waals surface area (Å²) in [6.07, 6.45) is -3.34. The maximum absolute atomic E-state index is 13.4. The fraction of sp³-hybridized carbons (Fsp3) is 0.462. The van der Waals surface area contributed by atoms with E-state index in [4.69, 9.17) is 0 Å². The molecule has 5 nitrogen and oxygen atoms in total. The largest absolute Gasteiger partial charge is 0.416 e. The van der Waals surface area contributed by atoms with Gasteiger partial charge < -0.3 is 15.1 Å². The van der Waals surface area contributed by atoms with E-state index >= 15 is 0 Å². The van der Waals surface area contributed by atoms with Crippen molar-refractivity contribution in [3.05, 3.63) is 59.2 Å². The van der Waals surface area contributed by atoms with Gasteiger partial charge in [0.05, 0.1) is 28.8 Å². The number of piperazine rings is 1. The summed E-state index contributed by atoms with van der Waals surface area (Å²) >= 11 is 0. The molecule has 0 saturated carbocycles. The summed E-state index contributed by atoms with van der Waals surface area (Å²) in [6.45, 7) is 6.37. The van der Waals surface area contributed by atoms with E-state index in [1.807, 2.05) is 18.2 Å². The van der Waals surface area contributed by atoms with Crippen molar-refractivity contribution >= 4 is 17.3 Å². The smallest absolute Gasteiger partial charge is 0.367 e. The number of nitrogens with one attached hydrogen (secondary N) is 1. The molecule has 2 aromatic rings. The molecule has 1 fully saturated rings. The second-order valence-corrected chi connectivity index (χ2v) is 9.46. The van der Waals surface area contributed by atoms with Crippen LogP contribution in [0.3, 0.4) is 0 Å². The Bertz CT molecular complexity index is 1090. The third-order valence-corrected chi connectivity index (χ3v) is 6.76. The minimum atomic E-state index is -4.43. The topological polar surface area (TPSA) is 59.4 Å². The van der Waals surface area contributed by atoms with Crippen molar-refractivity contribution < 1.29 is 18.0 Å². The summed E-state index contributed by atoms with van der Waals surface area (Å²) in [5.74, 6) is -0.180. The van der Waals surface area contributed by atoms with Crippen molar-refractivity contribution in [2.24, 2.45) is 11.8 Å². The zero-order valence-electron chi connectivity index (χ0n) is 19.4. The fourth-order valence-corrected chi connectivity index (χ4v) is 4.98. The summed E-state index contributed by atoms with van der Waals surface area (Å²) in [5, 5.41) is 12.6. The van der Waals surface area contributed by atoms with E-state index in [2.05, 4.69) is 35.0 Å². The number of carbonyl (C=O) groups excluding carboxylic acids is 1. The molecular weight excluding hydrogens is 441 g/mol. The van der Waals surface area contributed by atoms with Crippen molar-refractivity contribution in [1.29, 1.82) is 5.26 Å². The predicted molar refractivity (Wildman–Crippen MR) is 126 cm³/mol. The number of nitriles is 1. The molecule has 1 amide bonds.